The summed E-state index contributed by atoms with van der Waals surface area (Å²) in [5.74, 6) is 1.21. The van der Waals surface area contributed by atoms with E-state index in [4.69, 9.17) is 16.3 Å². The largest absolute Gasteiger partial charge is 0.436 e. The van der Waals surface area contributed by atoms with Crippen LogP contribution in [0, 0.1) is 0 Å². The zero-order valence-corrected chi connectivity index (χ0v) is 12.5. The molecular weight excluding hydrogens is 276 g/mol. The quantitative estimate of drug-likeness (QED) is 0.852. The van der Waals surface area contributed by atoms with Crippen molar-refractivity contribution in [3.05, 3.63) is 35.2 Å². The lowest BCUT2D eigenvalue weighted by atomic mass is 10.2. The molecule has 0 saturated heterocycles. The highest BCUT2D eigenvalue weighted by molar-refractivity contribution is 6.31. The van der Waals surface area contributed by atoms with Crippen LogP contribution >= 0.6 is 11.6 Å². The average Bonchev–Trinajstić information content (AvgIpc) is 2.87. The molecule has 20 heavy (non-hydrogen) atoms. The van der Waals surface area contributed by atoms with E-state index >= 15 is 0 Å². The standard InChI is InChI=1S/C14H19ClN4O/c1-3-5-19-10-12(8-18-19)20-14-6-11(7-16-4-2)13(15)9-17-14/h6,8-10,16H,3-5,7H2,1-2H3. The summed E-state index contributed by atoms with van der Waals surface area (Å²) in [6, 6.07) is 1.85. The summed E-state index contributed by atoms with van der Waals surface area (Å²) in [4.78, 5) is 4.18. The van der Waals surface area contributed by atoms with Crippen molar-refractivity contribution in [3.63, 3.8) is 0 Å². The van der Waals surface area contributed by atoms with Gasteiger partial charge in [0.15, 0.2) is 5.75 Å². The van der Waals surface area contributed by atoms with Crippen molar-refractivity contribution in [1.82, 2.24) is 20.1 Å². The third-order valence-electron chi connectivity index (χ3n) is 2.76. The summed E-state index contributed by atoms with van der Waals surface area (Å²) >= 11 is 6.11. The molecule has 5 nitrogen and oxygen atoms in total. The first-order chi connectivity index (χ1) is 9.72. The van der Waals surface area contributed by atoms with Gasteiger partial charge in [-0.1, -0.05) is 25.4 Å². The highest BCUT2D eigenvalue weighted by Gasteiger charge is 2.06. The first-order valence-electron chi connectivity index (χ1n) is 6.78. The van der Waals surface area contributed by atoms with Crippen LogP contribution in [-0.2, 0) is 13.1 Å². The van der Waals surface area contributed by atoms with Crippen LogP contribution in [0.15, 0.2) is 24.7 Å². The van der Waals surface area contributed by atoms with Crippen LogP contribution in [-0.4, -0.2) is 21.3 Å². The van der Waals surface area contributed by atoms with E-state index in [2.05, 4.69) is 29.2 Å². The number of pyridine rings is 1. The Labute approximate surface area is 123 Å². The maximum Gasteiger partial charge on any atom is 0.219 e. The van der Waals surface area contributed by atoms with Gasteiger partial charge in [-0.05, 0) is 18.5 Å². The van der Waals surface area contributed by atoms with Crippen molar-refractivity contribution in [2.75, 3.05) is 6.54 Å². The number of nitrogens with zero attached hydrogens (tertiary/aromatic N) is 3. The minimum absolute atomic E-state index is 0.526. The van der Waals surface area contributed by atoms with Crippen molar-refractivity contribution in [3.8, 4) is 11.6 Å². The van der Waals surface area contributed by atoms with Gasteiger partial charge in [0.2, 0.25) is 5.88 Å². The fraction of sp³-hybridized carbons (Fsp3) is 0.429. The Balaban J connectivity index is 2.07. The Kier molecular flexibility index (Phi) is 5.38. The number of ether oxygens (including phenoxy) is 1. The minimum Gasteiger partial charge on any atom is -0.436 e. The number of hydrogen-bond donors (Lipinski definition) is 1. The van der Waals surface area contributed by atoms with Gasteiger partial charge >= 0.3 is 0 Å². The number of aromatic nitrogens is 3. The molecule has 2 heterocycles. The van der Waals surface area contributed by atoms with Gasteiger partial charge in [-0.15, -0.1) is 0 Å². The molecule has 0 aliphatic carbocycles. The first-order valence-corrected chi connectivity index (χ1v) is 7.16. The van der Waals surface area contributed by atoms with Gasteiger partial charge in [0.05, 0.1) is 17.4 Å². The SMILES string of the molecule is CCCn1cc(Oc2cc(CNCC)c(Cl)cn2)cn1. The molecule has 108 valence electrons. The number of halogens is 1. The van der Waals surface area contributed by atoms with E-state index in [-0.39, 0.29) is 0 Å². The smallest absolute Gasteiger partial charge is 0.219 e. The van der Waals surface area contributed by atoms with Gasteiger partial charge in [-0.25, -0.2) is 4.98 Å². The molecule has 0 spiro atoms. The van der Waals surface area contributed by atoms with Crippen LogP contribution < -0.4 is 10.1 Å². The molecule has 0 saturated carbocycles. The lowest BCUT2D eigenvalue weighted by Crippen LogP contribution is -2.12. The zero-order chi connectivity index (χ0) is 14.4. The van der Waals surface area contributed by atoms with Gasteiger partial charge < -0.3 is 10.1 Å². The highest BCUT2D eigenvalue weighted by Crippen LogP contribution is 2.23. The summed E-state index contributed by atoms with van der Waals surface area (Å²) in [6.07, 6.45) is 6.20. The van der Waals surface area contributed by atoms with Crippen LogP contribution in [0.4, 0.5) is 0 Å². The maximum atomic E-state index is 6.11. The summed E-state index contributed by atoms with van der Waals surface area (Å²) in [6.45, 7) is 6.62. The Morgan fingerprint density at radius 3 is 2.95 bits per heavy atom. The number of hydrogen-bond acceptors (Lipinski definition) is 4. The van der Waals surface area contributed by atoms with Gasteiger partial charge in [-0.2, -0.15) is 5.10 Å². The summed E-state index contributed by atoms with van der Waals surface area (Å²) in [7, 11) is 0. The van der Waals surface area contributed by atoms with Crippen LogP contribution in [0.1, 0.15) is 25.8 Å². The molecular formula is C14H19ClN4O. The molecule has 1 N–H and O–H groups in total. The average molecular weight is 295 g/mol. The van der Waals surface area contributed by atoms with Crippen LogP contribution in [0.25, 0.3) is 0 Å². The Bertz CT molecular complexity index is 556. The molecule has 0 bridgehead atoms. The molecule has 2 rings (SSSR count). The molecule has 0 aliphatic rings. The topological polar surface area (TPSA) is 52.0 Å². The predicted molar refractivity (Wildman–Crippen MR) is 79.2 cm³/mol. The molecule has 2 aromatic rings. The van der Waals surface area contributed by atoms with E-state index < -0.39 is 0 Å². The molecule has 0 unspecified atom stereocenters. The lowest BCUT2D eigenvalue weighted by Gasteiger charge is -2.07. The molecule has 0 aromatic carbocycles. The van der Waals surface area contributed by atoms with Gasteiger partial charge in [-0.3, -0.25) is 4.68 Å². The first kappa shape index (κ1) is 14.8. The van der Waals surface area contributed by atoms with E-state index in [1.165, 1.54) is 0 Å². The minimum atomic E-state index is 0.526. The van der Waals surface area contributed by atoms with Crippen molar-refractivity contribution >= 4 is 11.6 Å². The van der Waals surface area contributed by atoms with E-state index in [9.17, 15) is 0 Å². The van der Waals surface area contributed by atoms with Gasteiger partial charge in [0, 0.05) is 25.4 Å². The van der Waals surface area contributed by atoms with E-state index in [1.54, 1.807) is 12.4 Å². The number of rotatable bonds is 7. The fourth-order valence-corrected chi connectivity index (χ4v) is 1.95. The number of aryl methyl sites for hydroxylation is 1. The van der Waals surface area contributed by atoms with Crippen molar-refractivity contribution in [2.45, 2.75) is 33.4 Å². The van der Waals surface area contributed by atoms with Gasteiger partial charge in [0.25, 0.3) is 0 Å². The zero-order valence-electron chi connectivity index (χ0n) is 11.8. The third-order valence-corrected chi connectivity index (χ3v) is 3.10. The van der Waals surface area contributed by atoms with Crippen LogP contribution in [0.3, 0.4) is 0 Å². The van der Waals surface area contributed by atoms with Crippen molar-refractivity contribution in [1.29, 1.82) is 0 Å². The summed E-state index contributed by atoms with van der Waals surface area (Å²) in [5.41, 5.74) is 0.972. The molecule has 0 amide bonds. The van der Waals surface area contributed by atoms with Crippen molar-refractivity contribution < 1.29 is 4.74 Å². The van der Waals surface area contributed by atoms with Crippen LogP contribution in [0.2, 0.25) is 5.02 Å². The molecule has 0 aliphatic heterocycles. The molecule has 0 radical (unpaired) electrons. The molecule has 2 aromatic heterocycles. The second kappa shape index (κ2) is 7.26. The second-order valence-corrected chi connectivity index (χ2v) is 4.84. The number of nitrogens with one attached hydrogen (secondary N) is 1. The van der Waals surface area contributed by atoms with Gasteiger partial charge in [0.1, 0.15) is 0 Å². The highest BCUT2D eigenvalue weighted by atomic mass is 35.5. The Morgan fingerprint density at radius 2 is 2.20 bits per heavy atom. The second-order valence-electron chi connectivity index (χ2n) is 4.44. The fourth-order valence-electron chi connectivity index (χ4n) is 1.78. The van der Waals surface area contributed by atoms with Crippen molar-refractivity contribution in [2.24, 2.45) is 0 Å². The van der Waals surface area contributed by atoms with E-state index in [1.807, 2.05) is 16.9 Å². The van der Waals surface area contributed by atoms with Crippen LogP contribution in [0.5, 0.6) is 11.6 Å². The normalized spacial score (nSPS) is 10.8. The monoisotopic (exact) mass is 294 g/mol. The summed E-state index contributed by atoms with van der Waals surface area (Å²) in [5, 5.41) is 8.09. The molecule has 6 heteroatoms. The Hall–Kier alpha value is -1.59. The third kappa shape index (κ3) is 3.95. The molecule has 0 atom stereocenters. The summed E-state index contributed by atoms with van der Waals surface area (Å²) < 4.78 is 7.55. The van der Waals surface area contributed by atoms with E-state index in [0.29, 0.717) is 23.2 Å². The van der Waals surface area contributed by atoms with E-state index in [0.717, 1.165) is 25.1 Å². The molecule has 0 fully saturated rings. The predicted octanol–water partition coefficient (Wildman–Crippen LogP) is 3.24. The Morgan fingerprint density at radius 1 is 1.35 bits per heavy atom. The maximum absolute atomic E-state index is 6.11. The lowest BCUT2D eigenvalue weighted by molar-refractivity contribution is 0.460.